The van der Waals surface area contributed by atoms with E-state index in [9.17, 15) is 14.4 Å². The number of halogens is 1. The van der Waals surface area contributed by atoms with Gasteiger partial charge in [-0.1, -0.05) is 55.4 Å². The van der Waals surface area contributed by atoms with Gasteiger partial charge in [0.05, 0.1) is 6.61 Å². The van der Waals surface area contributed by atoms with E-state index in [4.69, 9.17) is 17.7 Å². The number of hydrogen-bond donors (Lipinski definition) is 2. The first kappa shape index (κ1) is 25.7. The van der Waals surface area contributed by atoms with Crippen molar-refractivity contribution in [3.05, 3.63) is 0 Å². The molecule has 0 radical (unpaired) electrons. The van der Waals surface area contributed by atoms with Crippen molar-refractivity contribution in [2.45, 2.75) is 102 Å². The van der Waals surface area contributed by atoms with Gasteiger partial charge in [-0.05, 0) is 22.2 Å². The summed E-state index contributed by atoms with van der Waals surface area (Å²) < 4.78 is 38.4. The van der Waals surface area contributed by atoms with Crippen molar-refractivity contribution in [1.82, 2.24) is 5.32 Å². The molecule has 1 unspecified atom stereocenters. The molecule has 0 aromatic heterocycles. The molecule has 1 amide bonds. The first-order valence-electron chi connectivity index (χ1n) is 10.8. The highest BCUT2D eigenvalue weighted by atomic mass is 28.5. The lowest BCUT2D eigenvalue weighted by molar-refractivity contribution is -0.0660. The Labute approximate surface area is 181 Å². The number of aliphatic hydroxyl groups is 1. The number of rotatable bonds is 6. The Hall–Kier alpha value is -0.566. The molecule has 2 fully saturated rings. The van der Waals surface area contributed by atoms with E-state index in [1.54, 1.807) is 0 Å². The Kier molecular flexibility index (Phi) is 8.50. The Morgan fingerprint density at radius 1 is 1.07 bits per heavy atom. The predicted molar refractivity (Wildman–Crippen MR) is 114 cm³/mol. The third-order valence-electron chi connectivity index (χ3n) is 6.28. The number of aliphatic hydroxyl groups excluding tert-OH is 1. The summed E-state index contributed by atoms with van der Waals surface area (Å²) >= 11 is 0. The molecule has 8 nitrogen and oxygen atoms in total. The number of nitrogens with one attached hydrogen (secondary N) is 1. The maximum Gasteiger partial charge on any atom is 0.444 e. The quantitative estimate of drug-likeness (QED) is 0.575. The van der Waals surface area contributed by atoms with E-state index in [1.165, 1.54) is 0 Å². The van der Waals surface area contributed by atoms with E-state index in [1.807, 2.05) is 0 Å². The van der Waals surface area contributed by atoms with Crippen LogP contribution in [-0.4, -0.2) is 65.9 Å². The molecule has 2 aliphatic rings. The molecule has 0 aromatic rings. The van der Waals surface area contributed by atoms with Crippen LogP contribution in [0.4, 0.5) is 9.32 Å². The minimum absolute atomic E-state index is 0.101. The van der Waals surface area contributed by atoms with Crippen LogP contribution in [0.3, 0.4) is 0 Å². The zero-order chi connectivity index (χ0) is 22.9. The average Bonchev–Trinajstić information content (AvgIpc) is 2.93. The molecule has 2 heterocycles. The van der Waals surface area contributed by atoms with Crippen LogP contribution in [0.2, 0.25) is 22.2 Å². The monoisotopic (exact) mass is 467 g/mol. The number of amides is 1. The molecule has 2 rings (SSSR count). The highest BCUT2D eigenvalue weighted by Crippen LogP contribution is 2.47. The summed E-state index contributed by atoms with van der Waals surface area (Å²) in [5, 5.41) is 13.2. The van der Waals surface area contributed by atoms with E-state index in [0.29, 0.717) is 0 Å². The largest absolute Gasteiger partial charge is 0.444 e. The molecule has 176 valence electrons. The lowest BCUT2D eigenvalue weighted by Gasteiger charge is -2.51. The van der Waals surface area contributed by atoms with Gasteiger partial charge in [0, 0.05) is 11.1 Å². The highest BCUT2D eigenvalue weighted by Gasteiger charge is 2.61. The van der Waals surface area contributed by atoms with Crippen LogP contribution in [-0.2, 0) is 22.6 Å². The Bertz CT molecular complexity index is 577. The SMILES string of the molecule is CC(C)[Si]1(C(C)C)OC[C@H]2O[C@@H](CNC(=O)OF)[C@@H](O)C2O[Si](C(C)C)(C(C)C)O1. The normalized spacial score (nSPS) is 31.0. The van der Waals surface area contributed by atoms with Gasteiger partial charge in [-0.2, -0.15) is 0 Å². The van der Waals surface area contributed by atoms with Crippen molar-refractivity contribution in [1.29, 1.82) is 0 Å². The molecule has 2 saturated heterocycles. The fraction of sp³-hybridized carbons (Fsp3) is 0.947. The zero-order valence-corrected chi connectivity index (χ0v) is 21.3. The van der Waals surface area contributed by atoms with Crippen molar-refractivity contribution in [3.8, 4) is 0 Å². The third-order valence-corrected chi connectivity index (χ3v) is 16.5. The van der Waals surface area contributed by atoms with Gasteiger partial charge in [0.15, 0.2) is 0 Å². The van der Waals surface area contributed by atoms with Crippen LogP contribution in [0.15, 0.2) is 0 Å². The number of carbonyl (C=O) groups is 1. The smallest absolute Gasteiger partial charge is 0.414 e. The van der Waals surface area contributed by atoms with Crippen LogP contribution >= 0.6 is 0 Å². The first-order chi connectivity index (χ1) is 13.9. The van der Waals surface area contributed by atoms with Crippen molar-refractivity contribution in [3.63, 3.8) is 0 Å². The summed E-state index contributed by atoms with van der Waals surface area (Å²) in [5.74, 6) is 0. The van der Waals surface area contributed by atoms with E-state index < -0.39 is 47.6 Å². The number of hydrogen-bond acceptors (Lipinski definition) is 7. The second-order valence-electron chi connectivity index (χ2n) is 9.51. The summed E-state index contributed by atoms with van der Waals surface area (Å²) in [6.07, 6.45) is -4.17. The molecular formula is C19H38FNO7Si2. The second-order valence-corrected chi connectivity index (χ2v) is 18.4. The predicted octanol–water partition coefficient (Wildman–Crippen LogP) is 3.68. The minimum atomic E-state index is -2.87. The fourth-order valence-corrected chi connectivity index (χ4v) is 15.8. The van der Waals surface area contributed by atoms with Crippen molar-refractivity contribution in [2.24, 2.45) is 0 Å². The van der Waals surface area contributed by atoms with Gasteiger partial charge in [0.25, 0.3) is 0 Å². The zero-order valence-electron chi connectivity index (χ0n) is 19.3. The lowest BCUT2D eigenvalue weighted by atomic mass is 10.1. The van der Waals surface area contributed by atoms with Crippen molar-refractivity contribution >= 4 is 23.2 Å². The molecular weight excluding hydrogens is 429 g/mol. The standard InChI is InChI=1S/C19H38FNO7Si2/c1-11(2)29(12(3)4)24-10-16-18(27-30(28-29,13(5)6)14(7)8)17(22)15(25-16)9-21-19(23)26-20/h11-18,22H,9-10H2,1-8H3,(H,21,23)/t15-,16+,17+,18?/m0/s1. The van der Waals surface area contributed by atoms with E-state index in [0.717, 1.165) is 0 Å². The summed E-state index contributed by atoms with van der Waals surface area (Å²) in [6, 6.07) is 0. The summed E-state index contributed by atoms with van der Waals surface area (Å²) in [7, 11) is -5.56. The third kappa shape index (κ3) is 4.76. The van der Waals surface area contributed by atoms with Gasteiger partial charge in [-0.25, -0.2) is 9.74 Å². The lowest BCUT2D eigenvalue weighted by Crippen LogP contribution is -2.65. The molecule has 0 spiro atoms. The second kappa shape index (κ2) is 9.93. The van der Waals surface area contributed by atoms with Crippen LogP contribution in [0, 0.1) is 0 Å². The molecule has 0 saturated carbocycles. The van der Waals surface area contributed by atoms with E-state index >= 15 is 0 Å². The maximum atomic E-state index is 12.0. The van der Waals surface area contributed by atoms with Gasteiger partial charge >= 0.3 is 23.2 Å². The maximum absolute atomic E-state index is 12.0. The van der Waals surface area contributed by atoms with Gasteiger partial charge < -0.3 is 28.1 Å². The molecule has 11 heteroatoms. The van der Waals surface area contributed by atoms with Crippen LogP contribution < -0.4 is 5.32 Å². The van der Waals surface area contributed by atoms with Gasteiger partial charge in [-0.15, -0.1) is 0 Å². The van der Waals surface area contributed by atoms with Crippen LogP contribution in [0.5, 0.6) is 0 Å². The van der Waals surface area contributed by atoms with Crippen LogP contribution in [0.1, 0.15) is 55.4 Å². The highest BCUT2D eigenvalue weighted by molar-refractivity contribution is 6.83. The molecule has 0 aromatic carbocycles. The minimum Gasteiger partial charge on any atom is -0.414 e. The molecule has 0 aliphatic carbocycles. The molecule has 4 atom stereocenters. The average molecular weight is 468 g/mol. The van der Waals surface area contributed by atoms with Gasteiger partial charge in [-0.3, -0.25) is 0 Å². The van der Waals surface area contributed by atoms with Crippen molar-refractivity contribution in [2.75, 3.05) is 13.2 Å². The van der Waals surface area contributed by atoms with Gasteiger partial charge in [0.1, 0.15) is 24.4 Å². The van der Waals surface area contributed by atoms with Crippen LogP contribution in [0.25, 0.3) is 0 Å². The number of ether oxygens (including phenoxy) is 1. The molecule has 2 N–H and O–H groups in total. The molecule has 2 aliphatic heterocycles. The summed E-state index contributed by atoms with van der Waals surface area (Å²) in [4.78, 5) is 14.2. The number of carbonyl (C=O) groups excluding carboxylic acids is 1. The summed E-state index contributed by atoms with van der Waals surface area (Å²) in [5.41, 5.74) is 0.639. The fourth-order valence-electron chi connectivity index (χ4n) is 4.61. The van der Waals surface area contributed by atoms with E-state index in [-0.39, 0.29) is 35.3 Å². The Morgan fingerprint density at radius 2 is 1.60 bits per heavy atom. The van der Waals surface area contributed by atoms with Crippen molar-refractivity contribution < 1.29 is 37.1 Å². The summed E-state index contributed by atoms with van der Waals surface area (Å²) in [6.45, 7) is 17.0. The Balaban J connectivity index is 2.41. The molecule has 30 heavy (non-hydrogen) atoms. The van der Waals surface area contributed by atoms with E-state index in [2.05, 4.69) is 65.6 Å². The molecule has 0 bridgehead atoms. The topological polar surface area (TPSA) is 95.5 Å². The Morgan fingerprint density at radius 3 is 2.07 bits per heavy atom. The first-order valence-corrected chi connectivity index (χ1v) is 14.8. The van der Waals surface area contributed by atoms with Gasteiger partial charge in [0.2, 0.25) is 0 Å². The number of fused-ring (bicyclic) bond motifs is 1.